The summed E-state index contributed by atoms with van der Waals surface area (Å²) < 4.78 is 11.7. The molecule has 4 rings (SSSR count). The number of hydrogen-bond acceptors (Lipinski definition) is 8. The molecule has 0 spiro atoms. The van der Waals surface area contributed by atoms with Gasteiger partial charge in [0.05, 0.1) is 11.3 Å². The van der Waals surface area contributed by atoms with Crippen LogP contribution in [-0.4, -0.2) is 37.6 Å². The van der Waals surface area contributed by atoms with Gasteiger partial charge in [0.1, 0.15) is 17.4 Å². The number of hydrogen-bond donors (Lipinski definition) is 7. The Morgan fingerprint density at radius 2 is 1.76 bits per heavy atom. The van der Waals surface area contributed by atoms with E-state index < -0.39 is 5.91 Å². The third kappa shape index (κ3) is 4.52. The van der Waals surface area contributed by atoms with E-state index in [1.807, 2.05) is 0 Å². The number of nitrogens with two attached hydrogens (primary N) is 3. The maximum Gasteiger partial charge on any atom is 0.327 e. The fourth-order valence-electron chi connectivity index (χ4n) is 3.13. The lowest BCUT2D eigenvalue weighted by Crippen LogP contribution is -2.20. The number of aromatic nitrogens is 4. The number of nitrogens with one attached hydrogen (secondary N) is 4. The Kier molecular flexibility index (Phi) is 5.66. The second-order valence-electron chi connectivity index (χ2n) is 7.06. The molecule has 4 aromatic rings. The third-order valence-electron chi connectivity index (χ3n) is 4.53. The molecule has 1 amide bonds. The van der Waals surface area contributed by atoms with Crippen LogP contribution < -0.4 is 32.0 Å². The number of amidine groups is 1. The molecule has 0 aliphatic heterocycles. The summed E-state index contributed by atoms with van der Waals surface area (Å²) in [6.45, 7) is 1.74. The number of nitrogen functional groups attached to an aromatic ring is 1. The van der Waals surface area contributed by atoms with Gasteiger partial charge in [0.15, 0.2) is 22.9 Å². The number of fused-ring (bicyclic) bond motifs is 1. The van der Waals surface area contributed by atoms with E-state index in [9.17, 15) is 4.79 Å². The molecule has 0 bridgehead atoms. The molecule has 0 unspecified atom stereocenters. The van der Waals surface area contributed by atoms with Crippen molar-refractivity contribution >= 4 is 34.6 Å². The largest absolute Gasteiger partial charge is 0.437 e. The van der Waals surface area contributed by atoms with Gasteiger partial charge in [-0.2, -0.15) is 9.97 Å². The second-order valence-corrected chi connectivity index (χ2v) is 7.06. The summed E-state index contributed by atoms with van der Waals surface area (Å²) >= 11 is 0. The number of H-pyrrole nitrogens is 1. The van der Waals surface area contributed by atoms with Crippen molar-refractivity contribution in [3.05, 3.63) is 59.4 Å². The summed E-state index contributed by atoms with van der Waals surface area (Å²) in [5.41, 5.74) is 17.7. The summed E-state index contributed by atoms with van der Waals surface area (Å²) in [6, 6.07) is 11.1. The smallest absolute Gasteiger partial charge is 0.327 e. The number of nitrogens with zero attached hydrogens (tertiary/aromatic N) is 3. The molecular weight excluding hydrogens is 440 g/mol. The number of guanidine groups is 1. The quantitative estimate of drug-likeness (QED) is 0.157. The minimum Gasteiger partial charge on any atom is -0.437 e. The molecule has 0 aliphatic rings. The van der Waals surface area contributed by atoms with Gasteiger partial charge in [0.25, 0.3) is 5.88 Å². The van der Waals surface area contributed by atoms with E-state index in [1.165, 1.54) is 18.2 Å². The molecule has 34 heavy (non-hydrogen) atoms. The molecule has 0 fully saturated rings. The predicted molar refractivity (Wildman–Crippen MR) is 125 cm³/mol. The van der Waals surface area contributed by atoms with Crippen LogP contribution in [0, 0.1) is 17.7 Å². The van der Waals surface area contributed by atoms with Gasteiger partial charge in [-0.3, -0.25) is 15.6 Å². The monoisotopic (exact) mass is 460 g/mol. The molecule has 0 aliphatic carbocycles. The van der Waals surface area contributed by atoms with Crippen molar-refractivity contribution < 1.29 is 14.3 Å². The van der Waals surface area contributed by atoms with Crippen LogP contribution in [0.1, 0.15) is 21.7 Å². The summed E-state index contributed by atoms with van der Waals surface area (Å²) in [5.74, 6) is -0.189. The number of imidazole rings is 1. The van der Waals surface area contributed by atoms with Crippen LogP contribution in [-0.2, 0) is 0 Å². The molecule has 0 atom stereocenters. The molecule has 10 N–H and O–H groups in total. The zero-order valence-corrected chi connectivity index (χ0v) is 17.8. The average molecular weight is 460 g/mol. The Morgan fingerprint density at radius 3 is 2.47 bits per heavy atom. The molecule has 0 radical (unpaired) electrons. The number of benzene rings is 2. The van der Waals surface area contributed by atoms with E-state index >= 15 is 0 Å². The molecule has 13 nitrogen and oxygen atoms in total. The number of carbonyl (C=O) groups is 1. The molecule has 2 heterocycles. The summed E-state index contributed by atoms with van der Waals surface area (Å²) in [4.78, 5) is 27.8. The minimum absolute atomic E-state index is 0.0224. The zero-order valence-electron chi connectivity index (χ0n) is 17.8. The first-order valence-electron chi connectivity index (χ1n) is 9.79. The van der Waals surface area contributed by atoms with E-state index in [4.69, 9.17) is 37.5 Å². The van der Waals surface area contributed by atoms with E-state index in [-0.39, 0.29) is 40.6 Å². The van der Waals surface area contributed by atoms with Crippen LogP contribution in [0.4, 0.5) is 5.69 Å². The first kappa shape index (κ1) is 22.0. The number of para-hydroxylation sites is 2. The molecule has 2 aromatic heterocycles. The predicted octanol–water partition coefficient (Wildman–Crippen LogP) is 1.93. The fraction of sp³-hybridized carbons (Fsp3) is 0.0476. The Balaban J connectivity index is 1.75. The van der Waals surface area contributed by atoms with Crippen LogP contribution in [0.25, 0.3) is 11.2 Å². The van der Waals surface area contributed by atoms with E-state index in [2.05, 4.69) is 25.3 Å². The molecule has 2 aromatic carbocycles. The Hall–Kier alpha value is -5.20. The Labute approximate surface area is 192 Å². The maximum absolute atomic E-state index is 11.8. The summed E-state index contributed by atoms with van der Waals surface area (Å²) in [7, 11) is 0. The highest BCUT2D eigenvalue weighted by atomic mass is 16.5. The van der Waals surface area contributed by atoms with E-state index in [0.29, 0.717) is 28.4 Å². The van der Waals surface area contributed by atoms with Gasteiger partial charge < -0.3 is 37.0 Å². The number of aryl methyl sites for hydroxylation is 1. The normalized spacial score (nSPS) is 10.6. The molecule has 13 heteroatoms. The second kappa shape index (κ2) is 8.74. The van der Waals surface area contributed by atoms with Gasteiger partial charge in [-0.25, -0.2) is 4.98 Å². The van der Waals surface area contributed by atoms with Crippen LogP contribution >= 0.6 is 0 Å². The first-order chi connectivity index (χ1) is 16.2. The number of carbonyl (C=O) groups excluding carboxylic acids is 1. The van der Waals surface area contributed by atoms with Gasteiger partial charge in [-0.05, 0) is 37.3 Å². The summed E-state index contributed by atoms with van der Waals surface area (Å²) in [6.07, 6.45) is 0. The number of rotatable bonds is 7. The van der Waals surface area contributed by atoms with E-state index in [1.54, 1.807) is 31.2 Å². The number of primary amides is 1. The van der Waals surface area contributed by atoms with Crippen LogP contribution in [0.15, 0.2) is 42.5 Å². The number of anilines is 1. The fourth-order valence-corrected chi connectivity index (χ4v) is 3.13. The highest BCUT2D eigenvalue weighted by Gasteiger charge is 2.18. The molecular formula is C21H20N10O3. The highest BCUT2D eigenvalue weighted by molar-refractivity contribution is 6.07. The third-order valence-corrected chi connectivity index (χ3v) is 4.53. The highest BCUT2D eigenvalue weighted by Crippen LogP contribution is 2.32. The number of aromatic amines is 1. The molecule has 0 saturated heterocycles. The van der Waals surface area contributed by atoms with Gasteiger partial charge in [0, 0.05) is 5.56 Å². The minimum atomic E-state index is -0.766. The van der Waals surface area contributed by atoms with Gasteiger partial charge >= 0.3 is 6.01 Å². The van der Waals surface area contributed by atoms with Crippen molar-refractivity contribution in [2.24, 2.45) is 17.2 Å². The Bertz CT molecular complexity index is 1450. The van der Waals surface area contributed by atoms with Crippen molar-refractivity contribution in [2.45, 2.75) is 6.92 Å². The topological polar surface area (TPSA) is 228 Å². The van der Waals surface area contributed by atoms with Crippen LogP contribution in [0.2, 0.25) is 0 Å². The summed E-state index contributed by atoms with van der Waals surface area (Å²) in [5, 5.41) is 17.8. The average Bonchev–Trinajstić information content (AvgIpc) is 3.15. The number of amides is 1. The van der Waals surface area contributed by atoms with Crippen molar-refractivity contribution in [1.82, 2.24) is 19.9 Å². The van der Waals surface area contributed by atoms with Crippen LogP contribution in [0.5, 0.6) is 23.4 Å². The first-order valence-corrected chi connectivity index (χ1v) is 9.79. The van der Waals surface area contributed by atoms with Crippen molar-refractivity contribution in [3.8, 4) is 23.4 Å². The lowest BCUT2D eigenvalue weighted by molar-refractivity contribution is 0.0999. The van der Waals surface area contributed by atoms with Gasteiger partial charge in [0.2, 0.25) is 5.91 Å². The lowest BCUT2D eigenvalue weighted by Gasteiger charge is -2.12. The molecule has 0 saturated carbocycles. The van der Waals surface area contributed by atoms with Gasteiger partial charge in [-0.1, -0.05) is 12.1 Å². The standard InChI is InChI=1S/C21H20N10O3/c1-9-27-15-18(28-9)30-21(34-14-5-3-2-4-13(14)29-20(25)26)31-19(15)33-10-6-7-11(16(22)23)12(8-10)17(24)32/h2-8H,1H3,(H3,22,23)(H2,24,32)(H4,25,26,29)(H,27,28,30,31). The maximum atomic E-state index is 11.8. The lowest BCUT2D eigenvalue weighted by atomic mass is 10.1. The van der Waals surface area contributed by atoms with Crippen molar-refractivity contribution in [3.63, 3.8) is 0 Å². The zero-order chi connectivity index (χ0) is 24.4. The van der Waals surface area contributed by atoms with Crippen molar-refractivity contribution in [2.75, 3.05) is 5.32 Å². The SMILES string of the molecule is Cc1nc2c(Oc3ccc(C(=N)N)c(C(N)=O)c3)nc(Oc3ccccc3NC(=N)N)nc2[nH]1. The number of ether oxygens (including phenoxy) is 2. The van der Waals surface area contributed by atoms with Gasteiger partial charge in [-0.15, -0.1) is 0 Å². The Morgan fingerprint density at radius 1 is 1.00 bits per heavy atom. The van der Waals surface area contributed by atoms with E-state index in [0.717, 1.165) is 0 Å². The van der Waals surface area contributed by atoms with Crippen molar-refractivity contribution in [1.29, 1.82) is 10.8 Å². The van der Waals surface area contributed by atoms with Crippen LogP contribution in [0.3, 0.4) is 0 Å². The molecule has 172 valence electrons.